The Labute approximate surface area is 152 Å². The lowest BCUT2D eigenvalue weighted by atomic mass is 10.0. The Kier molecular flexibility index (Phi) is 7.06. The average Bonchev–Trinajstić information content (AvgIpc) is 2.52. The molecule has 0 radical (unpaired) electrons. The van der Waals surface area contributed by atoms with Gasteiger partial charge in [-0.1, -0.05) is 53.5 Å². The Bertz CT molecular complexity index is 660. The number of methoxy groups -OCH3 is 1. The first-order valence-electron chi connectivity index (χ1n) is 7.56. The second-order valence-electron chi connectivity index (χ2n) is 5.51. The normalized spacial score (nSPS) is 13.3. The first kappa shape index (κ1) is 18.7. The van der Waals surface area contributed by atoms with E-state index in [1.54, 1.807) is 25.3 Å². The number of anilines is 1. The molecule has 2 atom stereocenters. The molecule has 0 saturated heterocycles. The molecule has 0 aliphatic rings. The van der Waals surface area contributed by atoms with Crippen LogP contribution in [0.3, 0.4) is 0 Å². The molecule has 0 aliphatic carbocycles. The molecule has 1 amide bonds. The molecule has 0 bridgehead atoms. The highest BCUT2D eigenvalue weighted by atomic mass is 35.5. The number of carbonyl (C=O) groups excluding carboxylic acids is 1. The minimum Gasteiger partial charge on any atom is -0.383 e. The van der Waals surface area contributed by atoms with Gasteiger partial charge in [0.25, 0.3) is 0 Å². The highest BCUT2D eigenvalue weighted by Gasteiger charge is 2.22. The van der Waals surface area contributed by atoms with Crippen molar-refractivity contribution >= 4 is 34.8 Å². The van der Waals surface area contributed by atoms with Gasteiger partial charge in [0.1, 0.15) is 6.04 Å². The molecule has 0 fully saturated rings. The largest absolute Gasteiger partial charge is 0.383 e. The molecule has 0 aliphatic heterocycles. The number of hydrogen-bond donors (Lipinski definition) is 2. The zero-order valence-electron chi connectivity index (χ0n) is 13.6. The summed E-state index contributed by atoms with van der Waals surface area (Å²) in [4.78, 5) is 12.8. The number of ether oxygens (including phenoxy) is 1. The van der Waals surface area contributed by atoms with Crippen LogP contribution in [0.2, 0.25) is 10.0 Å². The van der Waals surface area contributed by atoms with Crippen molar-refractivity contribution in [1.82, 2.24) is 5.32 Å². The summed E-state index contributed by atoms with van der Waals surface area (Å²) in [6.45, 7) is 2.46. The number of carbonyl (C=O) groups is 1. The maximum Gasteiger partial charge on any atom is 0.246 e. The molecule has 2 rings (SSSR count). The Morgan fingerprint density at radius 3 is 2.33 bits per heavy atom. The van der Waals surface area contributed by atoms with Crippen LogP contribution >= 0.6 is 23.2 Å². The van der Waals surface area contributed by atoms with Gasteiger partial charge in [-0.2, -0.15) is 0 Å². The van der Waals surface area contributed by atoms with Crippen LogP contribution in [0.25, 0.3) is 0 Å². The highest BCUT2D eigenvalue weighted by Crippen LogP contribution is 2.24. The third-order valence-electron chi connectivity index (χ3n) is 3.39. The molecule has 4 nitrogen and oxygen atoms in total. The van der Waals surface area contributed by atoms with Crippen molar-refractivity contribution in [3.8, 4) is 0 Å². The molecular formula is C18H20Cl2N2O2. The van der Waals surface area contributed by atoms with Crippen LogP contribution in [0, 0.1) is 0 Å². The van der Waals surface area contributed by atoms with E-state index in [-0.39, 0.29) is 11.9 Å². The summed E-state index contributed by atoms with van der Waals surface area (Å²) < 4.78 is 5.14. The van der Waals surface area contributed by atoms with Crippen LogP contribution in [0.4, 0.5) is 5.69 Å². The Hall–Kier alpha value is -1.59. The van der Waals surface area contributed by atoms with Crippen LogP contribution in [0.5, 0.6) is 0 Å². The Morgan fingerprint density at radius 1 is 1.12 bits per heavy atom. The van der Waals surface area contributed by atoms with Gasteiger partial charge < -0.3 is 10.1 Å². The molecule has 24 heavy (non-hydrogen) atoms. The van der Waals surface area contributed by atoms with Crippen LogP contribution < -0.4 is 10.6 Å². The highest BCUT2D eigenvalue weighted by molar-refractivity contribution is 6.35. The van der Waals surface area contributed by atoms with Gasteiger partial charge in [0, 0.05) is 28.9 Å². The fourth-order valence-corrected chi connectivity index (χ4v) is 2.92. The van der Waals surface area contributed by atoms with E-state index in [9.17, 15) is 4.79 Å². The lowest BCUT2D eigenvalue weighted by molar-refractivity contribution is -0.118. The van der Waals surface area contributed by atoms with E-state index in [1.807, 2.05) is 37.3 Å². The summed E-state index contributed by atoms with van der Waals surface area (Å²) in [6, 6.07) is 13.9. The van der Waals surface area contributed by atoms with Gasteiger partial charge in [0.2, 0.25) is 5.91 Å². The standard InChI is InChI=1S/C18H20Cl2N2O2/c1-12(11-24-2)21-17(13-6-4-3-5-7-13)18(23)22-16-9-14(19)8-15(20)10-16/h3-10,12,17,21H,11H2,1-2H3,(H,22,23)/t12-,17-/m1/s1. The molecule has 0 unspecified atom stereocenters. The number of amides is 1. The van der Waals surface area contributed by atoms with Gasteiger partial charge in [-0.25, -0.2) is 0 Å². The van der Waals surface area contributed by atoms with Gasteiger partial charge in [0.15, 0.2) is 0 Å². The summed E-state index contributed by atoms with van der Waals surface area (Å²) in [5, 5.41) is 7.07. The van der Waals surface area contributed by atoms with Crippen molar-refractivity contribution in [2.24, 2.45) is 0 Å². The monoisotopic (exact) mass is 366 g/mol. The Balaban J connectivity index is 2.20. The smallest absolute Gasteiger partial charge is 0.246 e. The van der Waals surface area contributed by atoms with E-state index in [0.717, 1.165) is 5.56 Å². The quantitative estimate of drug-likeness (QED) is 0.767. The fourth-order valence-electron chi connectivity index (χ4n) is 2.39. The maximum absolute atomic E-state index is 12.8. The molecule has 0 aromatic heterocycles. The first-order chi connectivity index (χ1) is 11.5. The van der Waals surface area contributed by atoms with Crippen LogP contribution in [-0.4, -0.2) is 25.7 Å². The molecule has 2 N–H and O–H groups in total. The van der Waals surface area contributed by atoms with E-state index in [0.29, 0.717) is 22.3 Å². The molecule has 128 valence electrons. The van der Waals surface area contributed by atoms with Crippen molar-refractivity contribution < 1.29 is 9.53 Å². The predicted octanol–water partition coefficient (Wildman–Crippen LogP) is 4.30. The van der Waals surface area contributed by atoms with Crippen LogP contribution in [0.1, 0.15) is 18.5 Å². The van der Waals surface area contributed by atoms with Gasteiger partial charge in [-0.05, 0) is 30.7 Å². The number of nitrogens with one attached hydrogen (secondary N) is 2. The van der Waals surface area contributed by atoms with Gasteiger partial charge in [0.05, 0.1) is 6.61 Å². The molecule has 0 spiro atoms. The molecule has 2 aromatic rings. The maximum atomic E-state index is 12.8. The third kappa shape index (κ3) is 5.49. The van der Waals surface area contributed by atoms with Crippen LogP contribution in [-0.2, 0) is 9.53 Å². The molecule has 6 heteroatoms. The minimum absolute atomic E-state index is 0.00825. The first-order valence-corrected chi connectivity index (χ1v) is 8.32. The fraction of sp³-hybridized carbons (Fsp3) is 0.278. The Morgan fingerprint density at radius 2 is 1.75 bits per heavy atom. The third-order valence-corrected chi connectivity index (χ3v) is 3.83. The SMILES string of the molecule is COC[C@@H](C)N[C@@H](C(=O)Nc1cc(Cl)cc(Cl)c1)c1ccccc1. The average molecular weight is 367 g/mol. The molecule has 2 aromatic carbocycles. The summed E-state index contributed by atoms with van der Waals surface area (Å²) in [6.07, 6.45) is 0. The minimum atomic E-state index is -0.519. The van der Waals surface area contributed by atoms with Crippen molar-refractivity contribution in [2.45, 2.75) is 19.0 Å². The number of halogens is 2. The van der Waals surface area contributed by atoms with Crippen molar-refractivity contribution in [1.29, 1.82) is 0 Å². The van der Waals surface area contributed by atoms with E-state index in [1.165, 1.54) is 0 Å². The van der Waals surface area contributed by atoms with E-state index < -0.39 is 6.04 Å². The predicted molar refractivity (Wildman–Crippen MR) is 98.7 cm³/mol. The number of rotatable bonds is 7. The van der Waals surface area contributed by atoms with E-state index >= 15 is 0 Å². The molecular weight excluding hydrogens is 347 g/mol. The number of hydrogen-bond acceptors (Lipinski definition) is 3. The second kappa shape index (κ2) is 9.04. The zero-order valence-corrected chi connectivity index (χ0v) is 15.1. The second-order valence-corrected chi connectivity index (χ2v) is 6.39. The van der Waals surface area contributed by atoms with Gasteiger partial charge in [-0.3, -0.25) is 10.1 Å². The van der Waals surface area contributed by atoms with Gasteiger partial charge in [-0.15, -0.1) is 0 Å². The van der Waals surface area contributed by atoms with Gasteiger partial charge >= 0.3 is 0 Å². The van der Waals surface area contributed by atoms with Crippen molar-refractivity contribution in [2.75, 3.05) is 19.0 Å². The van der Waals surface area contributed by atoms with Crippen LogP contribution in [0.15, 0.2) is 48.5 Å². The summed E-state index contributed by atoms with van der Waals surface area (Å²) in [5.74, 6) is -0.192. The number of benzene rings is 2. The lowest BCUT2D eigenvalue weighted by Crippen LogP contribution is -2.40. The molecule has 0 saturated carbocycles. The topological polar surface area (TPSA) is 50.4 Å². The van der Waals surface area contributed by atoms with Crippen molar-refractivity contribution in [3.63, 3.8) is 0 Å². The zero-order chi connectivity index (χ0) is 17.5. The van der Waals surface area contributed by atoms with E-state index in [2.05, 4.69) is 10.6 Å². The lowest BCUT2D eigenvalue weighted by Gasteiger charge is -2.23. The van der Waals surface area contributed by atoms with E-state index in [4.69, 9.17) is 27.9 Å². The summed E-state index contributed by atoms with van der Waals surface area (Å²) in [5.41, 5.74) is 1.42. The summed E-state index contributed by atoms with van der Waals surface area (Å²) >= 11 is 12.0. The van der Waals surface area contributed by atoms with Crippen molar-refractivity contribution in [3.05, 3.63) is 64.1 Å². The molecule has 0 heterocycles. The summed E-state index contributed by atoms with van der Waals surface area (Å²) in [7, 11) is 1.63.